The molecular formula is C23H21Br2FN6O3. The second-order valence-electron chi connectivity index (χ2n) is 7.84. The van der Waals surface area contributed by atoms with Crippen LogP contribution in [0.5, 0.6) is 5.75 Å². The zero-order valence-corrected chi connectivity index (χ0v) is 22.3. The first kappa shape index (κ1) is 25.0. The molecule has 12 heteroatoms. The van der Waals surface area contributed by atoms with Crippen molar-refractivity contribution in [1.82, 2.24) is 24.5 Å². The number of aryl methyl sites for hydroxylation is 3. The van der Waals surface area contributed by atoms with Gasteiger partial charge in [0.15, 0.2) is 6.20 Å². The minimum absolute atomic E-state index is 0.0256. The van der Waals surface area contributed by atoms with Crippen LogP contribution in [0.2, 0.25) is 0 Å². The molecule has 0 aliphatic heterocycles. The fourth-order valence-corrected chi connectivity index (χ4v) is 4.83. The van der Waals surface area contributed by atoms with Crippen molar-refractivity contribution in [3.63, 3.8) is 0 Å². The van der Waals surface area contributed by atoms with Crippen molar-refractivity contribution >= 4 is 37.7 Å². The Balaban J connectivity index is 1.71. The Morgan fingerprint density at radius 1 is 1.20 bits per heavy atom. The molecule has 0 amide bonds. The van der Waals surface area contributed by atoms with Gasteiger partial charge >= 0.3 is 5.82 Å². The predicted molar refractivity (Wildman–Crippen MR) is 134 cm³/mol. The van der Waals surface area contributed by atoms with Gasteiger partial charge in [0.1, 0.15) is 12.4 Å². The number of ether oxygens (including phenoxy) is 1. The number of aromatic nitrogens is 5. The van der Waals surface area contributed by atoms with E-state index in [2.05, 4.69) is 47.0 Å². The van der Waals surface area contributed by atoms with Crippen LogP contribution in [0.1, 0.15) is 35.3 Å². The highest BCUT2D eigenvalue weighted by atomic mass is 79.9. The number of nitro groups is 1. The van der Waals surface area contributed by atoms with Crippen LogP contribution in [0.15, 0.2) is 45.5 Å². The van der Waals surface area contributed by atoms with E-state index in [9.17, 15) is 14.5 Å². The number of benzene rings is 1. The molecule has 3 aromatic heterocycles. The summed E-state index contributed by atoms with van der Waals surface area (Å²) in [6, 6.07) is 7.72. The van der Waals surface area contributed by atoms with Crippen LogP contribution < -0.4 is 4.74 Å². The molecular weight excluding hydrogens is 587 g/mol. The zero-order chi connectivity index (χ0) is 25.3. The second kappa shape index (κ2) is 10.2. The van der Waals surface area contributed by atoms with Crippen LogP contribution in [0, 0.1) is 22.9 Å². The molecule has 0 saturated carbocycles. The first-order valence-corrected chi connectivity index (χ1v) is 12.2. The molecule has 0 fully saturated rings. The Labute approximate surface area is 217 Å². The lowest BCUT2D eigenvalue weighted by molar-refractivity contribution is -0.390. The molecule has 0 unspecified atom stereocenters. The van der Waals surface area contributed by atoms with E-state index in [0.717, 1.165) is 33.7 Å². The summed E-state index contributed by atoms with van der Waals surface area (Å²) in [6.07, 6.45) is 2.64. The molecule has 0 aliphatic carbocycles. The van der Waals surface area contributed by atoms with Gasteiger partial charge in [-0.1, -0.05) is 6.92 Å². The monoisotopic (exact) mass is 606 g/mol. The van der Waals surface area contributed by atoms with Gasteiger partial charge in [0, 0.05) is 25.1 Å². The normalized spacial score (nSPS) is 11.1. The van der Waals surface area contributed by atoms with E-state index in [1.54, 1.807) is 10.7 Å². The maximum Gasteiger partial charge on any atom is 0.406 e. The first-order valence-electron chi connectivity index (χ1n) is 10.6. The lowest BCUT2D eigenvalue weighted by Gasteiger charge is -2.14. The summed E-state index contributed by atoms with van der Waals surface area (Å²) >= 11 is 6.91. The number of pyridine rings is 1. The molecule has 0 aliphatic rings. The van der Waals surface area contributed by atoms with Gasteiger partial charge in [0.2, 0.25) is 5.75 Å². The average Bonchev–Trinajstić information content (AvgIpc) is 3.31. The molecule has 3 heterocycles. The maximum absolute atomic E-state index is 14.2. The van der Waals surface area contributed by atoms with E-state index in [1.807, 2.05) is 31.6 Å². The molecule has 0 atom stereocenters. The van der Waals surface area contributed by atoms with E-state index in [1.165, 1.54) is 24.4 Å². The minimum atomic E-state index is -0.625. The van der Waals surface area contributed by atoms with E-state index < -0.39 is 16.6 Å². The summed E-state index contributed by atoms with van der Waals surface area (Å²) in [4.78, 5) is 14.5. The van der Waals surface area contributed by atoms with E-state index in [4.69, 9.17) is 4.74 Å². The SMILES string of the molecule is CCc1nn(C)c(Cc2cc(C)nn2-c2ccc(F)cc2COc2cc(Br)cnc2[N+](=O)[O-])c1Br. The van der Waals surface area contributed by atoms with Gasteiger partial charge in [0.05, 0.1) is 37.4 Å². The van der Waals surface area contributed by atoms with Crippen LogP contribution in [-0.2, 0) is 26.5 Å². The molecule has 1 aromatic carbocycles. The van der Waals surface area contributed by atoms with Gasteiger partial charge in [-0.3, -0.25) is 4.68 Å². The maximum atomic E-state index is 14.2. The smallest absolute Gasteiger partial charge is 0.406 e. The molecule has 0 N–H and O–H groups in total. The standard InChI is InChI=1S/C23H21Br2FN6O3/c1-4-18-22(25)20(30(3)29-18)10-17-7-13(2)28-31(17)19-6-5-16(26)8-14(19)12-35-21-9-15(24)11-27-23(21)32(33)34/h5-9,11H,4,10,12H2,1-3H3. The van der Waals surface area contributed by atoms with Crippen molar-refractivity contribution < 1.29 is 14.1 Å². The third-order valence-electron chi connectivity index (χ3n) is 5.38. The van der Waals surface area contributed by atoms with E-state index in [0.29, 0.717) is 22.1 Å². The predicted octanol–water partition coefficient (Wildman–Crippen LogP) is 5.61. The van der Waals surface area contributed by atoms with Crippen molar-refractivity contribution in [3.8, 4) is 11.4 Å². The number of rotatable bonds is 8. The fourth-order valence-electron chi connectivity index (χ4n) is 3.76. The van der Waals surface area contributed by atoms with Gasteiger partial charge in [-0.05, 0) is 79.4 Å². The summed E-state index contributed by atoms with van der Waals surface area (Å²) in [7, 11) is 1.89. The number of halogens is 3. The third kappa shape index (κ3) is 5.27. The molecule has 0 spiro atoms. The van der Waals surface area contributed by atoms with Crippen molar-refractivity contribution in [2.45, 2.75) is 33.3 Å². The molecule has 0 radical (unpaired) electrons. The Bertz CT molecular complexity index is 1420. The van der Waals surface area contributed by atoms with Gasteiger partial charge in [0.25, 0.3) is 0 Å². The topological polar surface area (TPSA) is 101 Å². The molecule has 182 valence electrons. The highest BCUT2D eigenvalue weighted by Gasteiger charge is 2.21. The molecule has 0 saturated heterocycles. The van der Waals surface area contributed by atoms with Crippen LogP contribution in [0.4, 0.5) is 10.2 Å². The highest BCUT2D eigenvalue weighted by molar-refractivity contribution is 9.10. The van der Waals surface area contributed by atoms with Crippen molar-refractivity contribution in [2.75, 3.05) is 0 Å². The van der Waals surface area contributed by atoms with Crippen LogP contribution in [-0.4, -0.2) is 29.5 Å². The third-order valence-corrected chi connectivity index (χ3v) is 6.73. The summed E-state index contributed by atoms with van der Waals surface area (Å²) < 4.78 is 25.0. The Morgan fingerprint density at radius 3 is 2.66 bits per heavy atom. The molecule has 4 aromatic rings. The van der Waals surface area contributed by atoms with E-state index in [-0.39, 0.29) is 12.4 Å². The molecule has 35 heavy (non-hydrogen) atoms. The molecule has 9 nitrogen and oxygen atoms in total. The van der Waals surface area contributed by atoms with Crippen LogP contribution in [0.25, 0.3) is 5.69 Å². The summed E-state index contributed by atoms with van der Waals surface area (Å²) in [6.45, 7) is 3.80. The van der Waals surface area contributed by atoms with Crippen molar-refractivity contribution in [1.29, 1.82) is 0 Å². The largest absolute Gasteiger partial charge is 0.481 e. The number of nitrogens with zero attached hydrogens (tertiary/aromatic N) is 6. The van der Waals surface area contributed by atoms with Crippen molar-refractivity contribution in [3.05, 3.63) is 89.7 Å². The number of hydrogen-bond donors (Lipinski definition) is 0. The lowest BCUT2D eigenvalue weighted by Crippen LogP contribution is -2.10. The summed E-state index contributed by atoms with van der Waals surface area (Å²) in [5.74, 6) is -0.904. The Hall–Kier alpha value is -3.12. The fraction of sp³-hybridized carbons (Fsp3) is 0.261. The van der Waals surface area contributed by atoms with Gasteiger partial charge in [-0.2, -0.15) is 10.2 Å². The van der Waals surface area contributed by atoms with Gasteiger partial charge < -0.3 is 14.9 Å². The van der Waals surface area contributed by atoms with Crippen LogP contribution in [0.3, 0.4) is 0 Å². The number of hydrogen-bond acceptors (Lipinski definition) is 6. The van der Waals surface area contributed by atoms with Gasteiger partial charge in [-0.15, -0.1) is 0 Å². The lowest BCUT2D eigenvalue weighted by atomic mass is 10.1. The zero-order valence-electron chi connectivity index (χ0n) is 19.1. The minimum Gasteiger partial charge on any atom is -0.481 e. The summed E-state index contributed by atoms with van der Waals surface area (Å²) in [5.41, 5.74) is 4.69. The van der Waals surface area contributed by atoms with Gasteiger partial charge in [-0.25, -0.2) is 9.07 Å². The second-order valence-corrected chi connectivity index (χ2v) is 9.55. The summed E-state index contributed by atoms with van der Waals surface area (Å²) in [5, 5.41) is 20.5. The Kier molecular flexibility index (Phi) is 7.31. The molecule has 0 bridgehead atoms. The van der Waals surface area contributed by atoms with E-state index >= 15 is 0 Å². The first-order chi connectivity index (χ1) is 16.7. The van der Waals surface area contributed by atoms with Crippen LogP contribution >= 0.6 is 31.9 Å². The average molecular weight is 608 g/mol. The molecule has 4 rings (SSSR count). The quantitative estimate of drug-likeness (QED) is 0.190. The highest BCUT2D eigenvalue weighted by Crippen LogP contribution is 2.30. The van der Waals surface area contributed by atoms with Crippen molar-refractivity contribution in [2.24, 2.45) is 7.05 Å². The Morgan fingerprint density at radius 2 is 1.97 bits per heavy atom.